The van der Waals surface area contributed by atoms with E-state index in [4.69, 9.17) is 13.9 Å². The molecule has 1 rings (SSSR count). The molecule has 4 nitrogen and oxygen atoms in total. The smallest absolute Gasteiger partial charge is 0.130 e. The fourth-order valence-corrected chi connectivity index (χ4v) is 1.73. The number of hydrogen-bond donors (Lipinski definition) is 1. The van der Waals surface area contributed by atoms with Crippen molar-refractivity contribution in [2.45, 2.75) is 53.4 Å². The molecular formula is C15H27NO3. The largest absolute Gasteiger partial charge is 0.462 e. The van der Waals surface area contributed by atoms with Gasteiger partial charge in [-0.25, -0.2) is 0 Å². The van der Waals surface area contributed by atoms with Crippen LogP contribution < -0.4 is 5.32 Å². The first-order chi connectivity index (χ1) is 9.13. The molecule has 110 valence electrons. The van der Waals surface area contributed by atoms with Gasteiger partial charge in [0.25, 0.3) is 0 Å². The first kappa shape index (κ1) is 16.2. The molecule has 0 radical (unpaired) electrons. The van der Waals surface area contributed by atoms with Gasteiger partial charge in [-0.05, 0) is 45.4 Å². The van der Waals surface area contributed by atoms with Crippen molar-refractivity contribution in [1.29, 1.82) is 0 Å². The second-order valence-electron chi connectivity index (χ2n) is 4.97. The van der Waals surface area contributed by atoms with E-state index in [1.165, 1.54) is 5.56 Å². The van der Waals surface area contributed by atoms with E-state index in [1.807, 2.05) is 19.9 Å². The lowest BCUT2D eigenvalue weighted by atomic mass is 10.2. The molecule has 0 unspecified atom stereocenters. The average Bonchev–Trinajstić information content (AvgIpc) is 2.70. The molecular weight excluding hydrogens is 242 g/mol. The van der Waals surface area contributed by atoms with Crippen molar-refractivity contribution in [1.82, 2.24) is 5.32 Å². The van der Waals surface area contributed by atoms with Gasteiger partial charge in [-0.2, -0.15) is 0 Å². The zero-order valence-corrected chi connectivity index (χ0v) is 12.6. The van der Waals surface area contributed by atoms with Gasteiger partial charge in [0.1, 0.15) is 18.1 Å². The molecule has 1 aromatic rings. The Kier molecular flexibility index (Phi) is 7.79. The SMILES string of the molecule is CCCNCc1oc(COCCOC(C)C)cc1C. The molecule has 0 saturated carbocycles. The Labute approximate surface area is 116 Å². The minimum atomic E-state index is 0.255. The Bertz CT molecular complexity index is 347. The predicted molar refractivity (Wildman–Crippen MR) is 76.2 cm³/mol. The Morgan fingerprint density at radius 1 is 1.32 bits per heavy atom. The summed E-state index contributed by atoms with van der Waals surface area (Å²) >= 11 is 0. The summed E-state index contributed by atoms with van der Waals surface area (Å²) in [6.07, 6.45) is 1.39. The van der Waals surface area contributed by atoms with E-state index < -0.39 is 0 Å². The second kappa shape index (κ2) is 9.13. The number of furan rings is 1. The zero-order valence-electron chi connectivity index (χ0n) is 12.6. The quantitative estimate of drug-likeness (QED) is 0.663. The molecule has 4 heteroatoms. The van der Waals surface area contributed by atoms with Crippen LogP contribution in [0.2, 0.25) is 0 Å². The molecule has 0 fully saturated rings. The van der Waals surface area contributed by atoms with Crippen LogP contribution >= 0.6 is 0 Å². The monoisotopic (exact) mass is 269 g/mol. The molecule has 0 aromatic carbocycles. The third-order valence-corrected chi connectivity index (χ3v) is 2.71. The van der Waals surface area contributed by atoms with E-state index in [0.717, 1.165) is 31.0 Å². The van der Waals surface area contributed by atoms with Gasteiger partial charge in [-0.3, -0.25) is 0 Å². The molecule has 1 N–H and O–H groups in total. The topological polar surface area (TPSA) is 43.6 Å². The van der Waals surface area contributed by atoms with Crippen LogP contribution in [0.4, 0.5) is 0 Å². The fourth-order valence-electron chi connectivity index (χ4n) is 1.73. The molecule has 1 heterocycles. The van der Waals surface area contributed by atoms with Crippen molar-refractivity contribution in [3.63, 3.8) is 0 Å². The summed E-state index contributed by atoms with van der Waals surface area (Å²) in [6.45, 7) is 11.8. The first-order valence-electron chi connectivity index (χ1n) is 7.11. The Balaban J connectivity index is 2.25. The first-order valence-corrected chi connectivity index (χ1v) is 7.11. The van der Waals surface area contributed by atoms with Crippen molar-refractivity contribution < 1.29 is 13.9 Å². The highest BCUT2D eigenvalue weighted by atomic mass is 16.5. The Morgan fingerprint density at radius 3 is 2.79 bits per heavy atom. The van der Waals surface area contributed by atoms with Gasteiger partial charge < -0.3 is 19.2 Å². The van der Waals surface area contributed by atoms with Crippen LogP contribution in [0.15, 0.2) is 10.5 Å². The van der Waals surface area contributed by atoms with Crippen LogP contribution in [0.1, 0.15) is 44.3 Å². The summed E-state index contributed by atoms with van der Waals surface area (Å²) in [6, 6.07) is 2.05. The molecule has 0 amide bonds. The molecule has 0 aliphatic carbocycles. The molecule has 0 aliphatic heterocycles. The lowest BCUT2D eigenvalue weighted by Crippen LogP contribution is -2.13. The van der Waals surface area contributed by atoms with Crippen LogP contribution in [0, 0.1) is 6.92 Å². The van der Waals surface area contributed by atoms with Gasteiger partial charge in [-0.1, -0.05) is 6.92 Å². The third kappa shape index (κ3) is 6.76. The Morgan fingerprint density at radius 2 is 2.11 bits per heavy atom. The van der Waals surface area contributed by atoms with Crippen LogP contribution in [0.3, 0.4) is 0 Å². The third-order valence-electron chi connectivity index (χ3n) is 2.71. The van der Waals surface area contributed by atoms with E-state index in [1.54, 1.807) is 0 Å². The molecule has 0 bridgehead atoms. The molecule has 1 aromatic heterocycles. The highest BCUT2D eigenvalue weighted by Gasteiger charge is 2.07. The summed E-state index contributed by atoms with van der Waals surface area (Å²) in [5.41, 5.74) is 1.18. The van der Waals surface area contributed by atoms with E-state index in [0.29, 0.717) is 19.8 Å². The van der Waals surface area contributed by atoms with Gasteiger partial charge in [-0.15, -0.1) is 0 Å². The average molecular weight is 269 g/mol. The normalized spacial score (nSPS) is 11.4. The summed E-state index contributed by atoms with van der Waals surface area (Å²) in [5.74, 6) is 1.89. The summed E-state index contributed by atoms with van der Waals surface area (Å²) in [4.78, 5) is 0. The lowest BCUT2D eigenvalue weighted by Gasteiger charge is -2.07. The maximum atomic E-state index is 5.76. The van der Waals surface area contributed by atoms with Crippen molar-refractivity contribution in [3.05, 3.63) is 23.2 Å². The molecule has 0 aliphatic rings. The zero-order chi connectivity index (χ0) is 14.1. The van der Waals surface area contributed by atoms with Gasteiger partial charge in [0, 0.05) is 0 Å². The molecule has 0 spiro atoms. The number of nitrogens with one attached hydrogen (secondary N) is 1. The highest BCUT2D eigenvalue weighted by molar-refractivity contribution is 5.19. The van der Waals surface area contributed by atoms with Crippen molar-refractivity contribution in [2.24, 2.45) is 0 Å². The van der Waals surface area contributed by atoms with Gasteiger partial charge >= 0.3 is 0 Å². The highest BCUT2D eigenvalue weighted by Crippen LogP contribution is 2.15. The van der Waals surface area contributed by atoms with Crippen molar-refractivity contribution in [3.8, 4) is 0 Å². The number of aryl methyl sites for hydroxylation is 1. The van der Waals surface area contributed by atoms with Gasteiger partial charge in [0.2, 0.25) is 0 Å². The summed E-state index contributed by atoms with van der Waals surface area (Å²) in [7, 11) is 0. The second-order valence-corrected chi connectivity index (χ2v) is 4.97. The molecule has 0 saturated heterocycles. The van der Waals surface area contributed by atoms with Crippen LogP contribution in [-0.2, 0) is 22.6 Å². The van der Waals surface area contributed by atoms with E-state index in [2.05, 4.69) is 19.2 Å². The summed E-state index contributed by atoms with van der Waals surface area (Å²) < 4.78 is 16.7. The standard InChI is InChI=1S/C15H27NO3/c1-5-6-16-10-15-13(4)9-14(19-15)11-17-7-8-18-12(2)3/h9,12,16H,5-8,10-11H2,1-4H3. The lowest BCUT2D eigenvalue weighted by molar-refractivity contribution is 0.0101. The van der Waals surface area contributed by atoms with Gasteiger partial charge in [0.05, 0.1) is 25.9 Å². The minimum Gasteiger partial charge on any atom is -0.462 e. The molecule has 0 atom stereocenters. The number of ether oxygens (including phenoxy) is 2. The fraction of sp³-hybridized carbons (Fsp3) is 0.733. The maximum Gasteiger partial charge on any atom is 0.130 e. The van der Waals surface area contributed by atoms with Gasteiger partial charge in [0.15, 0.2) is 0 Å². The summed E-state index contributed by atoms with van der Waals surface area (Å²) in [5, 5.41) is 3.34. The maximum absolute atomic E-state index is 5.76. The number of rotatable bonds is 10. The van der Waals surface area contributed by atoms with Crippen LogP contribution in [0.5, 0.6) is 0 Å². The van der Waals surface area contributed by atoms with E-state index in [9.17, 15) is 0 Å². The van der Waals surface area contributed by atoms with Crippen molar-refractivity contribution >= 4 is 0 Å². The molecule has 19 heavy (non-hydrogen) atoms. The van der Waals surface area contributed by atoms with Crippen LogP contribution in [0.25, 0.3) is 0 Å². The van der Waals surface area contributed by atoms with Crippen molar-refractivity contribution in [2.75, 3.05) is 19.8 Å². The van der Waals surface area contributed by atoms with E-state index >= 15 is 0 Å². The minimum absolute atomic E-state index is 0.255. The number of hydrogen-bond acceptors (Lipinski definition) is 4. The Hall–Kier alpha value is -0.840. The predicted octanol–water partition coefficient (Wildman–Crippen LogP) is 3.03. The van der Waals surface area contributed by atoms with E-state index in [-0.39, 0.29) is 6.10 Å². The van der Waals surface area contributed by atoms with Crippen LogP contribution in [-0.4, -0.2) is 25.9 Å².